The minimum atomic E-state index is -0.146. The van der Waals surface area contributed by atoms with Crippen molar-refractivity contribution in [2.75, 3.05) is 105 Å². The molecule has 0 radical (unpaired) electrons. The molecule has 0 bridgehead atoms. The van der Waals surface area contributed by atoms with Gasteiger partial charge in [0.1, 0.15) is 6.61 Å². The van der Waals surface area contributed by atoms with E-state index in [1.807, 2.05) is 0 Å². The van der Waals surface area contributed by atoms with E-state index < -0.39 is 0 Å². The van der Waals surface area contributed by atoms with Crippen LogP contribution < -0.4 is 0 Å². The molecular weight excluding hydrogens is 504 g/mol. The first-order chi connectivity index (χ1) is 18.3. The summed E-state index contributed by atoms with van der Waals surface area (Å²) in [6.07, 6.45) is 9.29. The fourth-order valence-electron chi connectivity index (χ4n) is 3.06. The number of carbonyl (C=O) groups excluding carboxylic acids is 1. The molecule has 0 aliphatic rings. The zero-order valence-corrected chi connectivity index (χ0v) is 24.0. The fourth-order valence-corrected chi connectivity index (χ4v) is 3.25. The molecule has 0 rings (SSSR count). The highest BCUT2D eigenvalue weighted by molar-refractivity contribution is 6.17. The summed E-state index contributed by atoms with van der Waals surface area (Å²) in [5.74, 6) is 0.598. The second-order valence-corrected chi connectivity index (χ2v) is 8.80. The van der Waals surface area contributed by atoms with Crippen LogP contribution in [0.15, 0.2) is 0 Å². The first kappa shape index (κ1) is 36.5. The highest BCUT2D eigenvalue weighted by Crippen LogP contribution is 2.03. The van der Waals surface area contributed by atoms with Crippen molar-refractivity contribution in [2.45, 2.75) is 64.7 Å². The number of esters is 1. The Labute approximate surface area is 230 Å². The van der Waals surface area contributed by atoms with Gasteiger partial charge in [-0.05, 0) is 19.3 Å². The van der Waals surface area contributed by atoms with Crippen LogP contribution in [0.5, 0.6) is 0 Å². The monoisotopic (exact) mass is 556 g/mol. The third kappa shape index (κ3) is 33.5. The van der Waals surface area contributed by atoms with Gasteiger partial charge in [-0.15, -0.1) is 11.6 Å². The van der Waals surface area contributed by atoms with Gasteiger partial charge in [-0.1, -0.05) is 39.0 Å². The minimum absolute atomic E-state index is 0.146. The molecule has 0 fully saturated rings. The molecule has 0 amide bonds. The summed E-state index contributed by atoms with van der Waals surface area (Å²) in [4.78, 5) is 11.5. The maximum atomic E-state index is 11.5. The molecule has 10 heteroatoms. The SMILES string of the molecule is CCCCCCC(=O)OCCOCCOCCOCCOCCOCCOCCOCCCCCCCl. The molecule has 9 nitrogen and oxygen atoms in total. The molecule has 0 unspecified atom stereocenters. The molecule has 0 aromatic carbocycles. The second-order valence-electron chi connectivity index (χ2n) is 8.42. The van der Waals surface area contributed by atoms with Crippen molar-refractivity contribution in [1.82, 2.24) is 0 Å². The Morgan fingerprint density at radius 1 is 0.459 bits per heavy atom. The standard InChI is InChI=1S/C27H53ClO9/c1-2-3-4-7-10-27(29)37-26-25-36-24-23-35-22-21-34-20-19-33-18-17-32-16-15-31-14-13-30-12-9-6-5-8-11-28/h2-26H2,1H3. The summed E-state index contributed by atoms with van der Waals surface area (Å²) in [5.41, 5.74) is 0. The number of hydrogen-bond acceptors (Lipinski definition) is 9. The number of carbonyl (C=O) groups is 1. The van der Waals surface area contributed by atoms with Gasteiger partial charge in [0.05, 0.1) is 85.9 Å². The average Bonchev–Trinajstić information content (AvgIpc) is 2.90. The van der Waals surface area contributed by atoms with Gasteiger partial charge in [0.25, 0.3) is 0 Å². The van der Waals surface area contributed by atoms with Crippen LogP contribution in [0.4, 0.5) is 0 Å². The predicted octanol–water partition coefficient (Wildman–Crippen LogP) is 4.42. The van der Waals surface area contributed by atoms with E-state index >= 15 is 0 Å². The van der Waals surface area contributed by atoms with Crippen molar-refractivity contribution in [2.24, 2.45) is 0 Å². The van der Waals surface area contributed by atoms with Crippen molar-refractivity contribution in [1.29, 1.82) is 0 Å². The number of hydrogen-bond donors (Lipinski definition) is 0. The predicted molar refractivity (Wildman–Crippen MR) is 145 cm³/mol. The Balaban J connectivity index is 3.07. The van der Waals surface area contributed by atoms with Crippen LogP contribution in [0.1, 0.15) is 64.7 Å². The van der Waals surface area contributed by atoms with Crippen LogP contribution in [-0.2, 0) is 42.7 Å². The summed E-state index contributed by atoms with van der Waals surface area (Å²) in [5, 5.41) is 0. The summed E-state index contributed by atoms with van der Waals surface area (Å²) in [7, 11) is 0. The van der Waals surface area contributed by atoms with Crippen LogP contribution in [0, 0.1) is 0 Å². The van der Waals surface area contributed by atoms with Gasteiger partial charge in [-0.3, -0.25) is 4.79 Å². The quantitative estimate of drug-likeness (QED) is 0.0678. The zero-order valence-electron chi connectivity index (χ0n) is 23.2. The van der Waals surface area contributed by atoms with Crippen molar-refractivity contribution in [3.8, 4) is 0 Å². The van der Waals surface area contributed by atoms with Crippen LogP contribution >= 0.6 is 11.6 Å². The van der Waals surface area contributed by atoms with Crippen LogP contribution in [0.3, 0.4) is 0 Å². The van der Waals surface area contributed by atoms with E-state index in [0.717, 1.165) is 51.0 Å². The molecular formula is C27H53ClO9. The molecule has 222 valence electrons. The second kappa shape index (κ2) is 33.5. The van der Waals surface area contributed by atoms with Gasteiger partial charge in [-0.25, -0.2) is 0 Å². The molecule has 0 N–H and O–H groups in total. The minimum Gasteiger partial charge on any atom is -0.463 e. The lowest BCUT2D eigenvalue weighted by Crippen LogP contribution is -2.15. The molecule has 0 atom stereocenters. The van der Waals surface area contributed by atoms with Gasteiger partial charge in [0.15, 0.2) is 0 Å². The number of ether oxygens (including phenoxy) is 8. The van der Waals surface area contributed by atoms with Gasteiger partial charge in [-0.2, -0.15) is 0 Å². The van der Waals surface area contributed by atoms with Crippen molar-refractivity contribution in [3.63, 3.8) is 0 Å². The highest BCUT2D eigenvalue weighted by Gasteiger charge is 2.02. The molecule has 0 aromatic rings. The van der Waals surface area contributed by atoms with Crippen LogP contribution in [-0.4, -0.2) is 111 Å². The molecule has 0 saturated heterocycles. The van der Waals surface area contributed by atoms with E-state index in [4.69, 9.17) is 49.5 Å². The van der Waals surface area contributed by atoms with Crippen molar-refractivity contribution < 1.29 is 42.7 Å². The number of rotatable bonds is 32. The third-order valence-corrected chi connectivity index (χ3v) is 5.40. The van der Waals surface area contributed by atoms with E-state index in [1.54, 1.807) is 0 Å². The van der Waals surface area contributed by atoms with Gasteiger partial charge >= 0.3 is 5.97 Å². The van der Waals surface area contributed by atoms with Gasteiger partial charge < -0.3 is 37.9 Å². The number of unbranched alkanes of at least 4 members (excludes halogenated alkanes) is 6. The molecule has 0 saturated carbocycles. The first-order valence-corrected chi connectivity index (χ1v) is 14.6. The lowest BCUT2D eigenvalue weighted by molar-refractivity contribution is -0.145. The largest absolute Gasteiger partial charge is 0.463 e. The Bertz CT molecular complexity index is 444. The third-order valence-electron chi connectivity index (χ3n) is 5.13. The summed E-state index contributed by atoms with van der Waals surface area (Å²) in [6, 6.07) is 0. The van der Waals surface area contributed by atoms with E-state index in [0.29, 0.717) is 98.9 Å². The average molecular weight is 557 g/mol. The first-order valence-electron chi connectivity index (χ1n) is 14.1. The van der Waals surface area contributed by atoms with Crippen molar-refractivity contribution in [3.05, 3.63) is 0 Å². The maximum absolute atomic E-state index is 11.5. The van der Waals surface area contributed by atoms with E-state index in [9.17, 15) is 4.79 Å². The molecule has 37 heavy (non-hydrogen) atoms. The number of halogens is 1. The molecule has 0 aromatic heterocycles. The van der Waals surface area contributed by atoms with Crippen LogP contribution in [0.25, 0.3) is 0 Å². The summed E-state index contributed by atoms with van der Waals surface area (Å²) < 4.78 is 43.3. The van der Waals surface area contributed by atoms with Crippen molar-refractivity contribution >= 4 is 17.6 Å². The van der Waals surface area contributed by atoms with Gasteiger partial charge in [0.2, 0.25) is 0 Å². The lowest BCUT2D eigenvalue weighted by atomic mass is 10.2. The van der Waals surface area contributed by atoms with E-state index in [1.165, 1.54) is 12.8 Å². The molecule has 0 aliphatic heterocycles. The lowest BCUT2D eigenvalue weighted by Gasteiger charge is -2.09. The fraction of sp³-hybridized carbons (Fsp3) is 0.963. The zero-order chi connectivity index (χ0) is 26.9. The van der Waals surface area contributed by atoms with Crippen LogP contribution in [0.2, 0.25) is 0 Å². The summed E-state index contributed by atoms with van der Waals surface area (Å²) >= 11 is 5.64. The molecule has 0 aliphatic carbocycles. The Morgan fingerprint density at radius 3 is 1.27 bits per heavy atom. The Kier molecular flexibility index (Phi) is 33.0. The van der Waals surface area contributed by atoms with Gasteiger partial charge in [0, 0.05) is 18.9 Å². The summed E-state index contributed by atoms with van der Waals surface area (Å²) in [6.45, 7) is 9.96. The normalized spacial score (nSPS) is 11.3. The van der Waals surface area contributed by atoms with E-state index in [-0.39, 0.29) is 5.97 Å². The number of alkyl halides is 1. The maximum Gasteiger partial charge on any atom is 0.305 e. The Morgan fingerprint density at radius 2 is 0.838 bits per heavy atom. The Hall–Kier alpha value is -0.520. The smallest absolute Gasteiger partial charge is 0.305 e. The topological polar surface area (TPSA) is 90.9 Å². The molecule has 0 heterocycles. The highest BCUT2D eigenvalue weighted by atomic mass is 35.5. The molecule has 0 spiro atoms. The van der Waals surface area contributed by atoms with E-state index in [2.05, 4.69) is 6.92 Å².